The van der Waals surface area contributed by atoms with Crippen molar-refractivity contribution < 1.29 is 9.53 Å². The van der Waals surface area contributed by atoms with Crippen LogP contribution >= 0.6 is 0 Å². The van der Waals surface area contributed by atoms with E-state index in [1.54, 1.807) is 41.8 Å². The molecule has 31 heavy (non-hydrogen) atoms. The molecule has 3 aromatic heterocycles. The lowest BCUT2D eigenvalue weighted by molar-refractivity contribution is 0.0967. The van der Waals surface area contributed by atoms with Crippen molar-refractivity contribution in [3.05, 3.63) is 68.6 Å². The number of imidazole rings is 2. The Morgan fingerprint density at radius 3 is 2.68 bits per heavy atom. The van der Waals surface area contributed by atoms with Crippen LogP contribution in [0.2, 0.25) is 0 Å². The summed E-state index contributed by atoms with van der Waals surface area (Å²) in [7, 11) is 1.57. The molecule has 4 aromatic rings. The van der Waals surface area contributed by atoms with Crippen molar-refractivity contribution in [1.29, 1.82) is 0 Å². The summed E-state index contributed by atoms with van der Waals surface area (Å²) in [5, 5.41) is 0. The third kappa shape index (κ3) is 3.12. The van der Waals surface area contributed by atoms with Crippen LogP contribution < -0.4 is 11.2 Å². The molecule has 1 aliphatic rings. The van der Waals surface area contributed by atoms with E-state index in [4.69, 9.17) is 4.74 Å². The summed E-state index contributed by atoms with van der Waals surface area (Å²) in [6.07, 6.45) is 3.97. The summed E-state index contributed by atoms with van der Waals surface area (Å²) in [4.78, 5) is 43.5. The minimum Gasteiger partial charge on any atom is -0.376 e. The first-order valence-electron chi connectivity index (χ1n) is 10.3. The fourth-order valence-electron chi connectivity index (χ4n) is 4.27. The van der Waals surface area contributed by atoms with E-state index in [0.717, 1.165) is 29.7 Å². The van der Waals surface area contributed by atoms with E-state index in [-0.39, 0.29) is 23.9 Å². The molecule has 1 aliphatic heterocycles. The van der Waals surface area contributed by atoms with E-state index in [0.29, 0.717) is 23.5 Å². The molecule has 0 bridgehead atoms. The second-order valence-electron chi connectivity index (χ2n) is 7.99. The van der Waals surface area contributed by atoms with E-state index < -0.39 is 11.2 Å². The van der Waals surface area contributed by atoms with Crippen LogP contribution in [-0.2, 0) is 24.9 Å². The van der Waals surface area contributed by atoms with Gasteiger partial charge in [0.15, 0.2) is 16.9 Å². The summed E-state index contributed by atoms with van der Waals surface area (Å²) in [6, 6.07) is 8.64. The normalized spacial score (nSPS) is 16.5. The molecule has 1 aromatic carbocycles. The lowest BCUT2D eigenvalue weighted by atomic mass is 10.1. The van der Waals surface area contributed by atoms with Gasteiger partial charge in [-0.2, -0.15) is 4.98 Å². The topological polar surface area (TPSA) is 92.5 Å². The van der Waals surface area contributed by atoms with E-state index in [1.165, 1.54) is 4.57 Å². The first-order chi connectivity index (χ1) is 15.0. The van der Waals surface area contributed by atoms with Crippen LogP contribution in [0.1, 0.15) is 28.9 Å². The van der Waals surface area contributed by atoms with Crippen LogP contribution in [0.15, 0.2) is 46.1 Å². The van der Waals surface area contributed by atoms with Gasteiger partial charge in [-0.1, -0.05) is 30.3 Å². The molecule has 0 saturated carbocycles. The molecular formula is C22H23N5O4. The molecule has 4 heterocycles. The Kier molecular flexibility index (Phi) is 4.62. The van der Waals surface area contributed by atoms with Crippen molar-refractivity contribution in [2.75, 3.05) is 6.61 Å². The monoisotopic (exact) mass is 421 g/mol. The number of hydrogen-bond donors (Lipinski definition) is 0. The number of ketones is 1. The molecule has 9 nitrogen and oxygen atoms in total. The summed E-state index contributed by atoms with van der Waals surface area (Å²) < 4.78 is 11.8. The number of carbonyl (C=O) groups excluding carboxylic acids is 1. The number of aromatic nitrogens is 5. The number of aryl methyl sites for hydroxylation is 2. The molecule has 0 radical (unpaired) electrons. The number of carbonyl (C=O) groups is 1. The van der Waals surface area contributed by atoms with E-state index in [9.17, 15) is 14.4 Å². The average molecular weight is 421 g/mol. The van der Waals surface area contributed by atoms with E-state index >= 15 is 0 Å². The predicted octanol–water partition coefficient (Wildman–Crippen LogP) is 1.52. The summed E-state index contributed by atoms with van der Waals surface area (Å²) in [6.45, 7) is 3.02. The maximum absolute atomic E-state index is 13.3. The maximum Gasteiger partial charge on any atom is 0.332 e. The first-order valence-corrected chi connectivity index (χ1v) is 10.3. The Morgan fingerprint density at radius 2 is 1.97 bits per heavy atom. The number of Topliss-reactive ketones (excluding diaryl/α,β-unsaturated/α-hetero) is 1. The zero-order valence-corrected chi connectivity index (χ0v) is 17.4. The van der Waals surface area contributed by atoms with Crippen LogP contribution in [0, 0.1) is 6.92 Å². The van der Waals surface area contributed by atoms with Gasteiger partial charge < -0.3 is 9.30 Å². The van der Waals surface area contributed by atoms with Gasteiger partial charge in [-0.25, -0.2) is 4.79 Å². The van der Waals surface area contributed by atoms with E-state index in [1.807, 2.05) is 17.7 Å². The Hall–Kier alpha value is -3.46. The van der Waals surface area contributed by atoms with Gasteiger partial charge in [0, 0.05) is 31.1 Å². The zero-order valence-electron chi connectivity index (χ0n) is 17.4. The number of nitrogens with zero attached hydrogens (tertiary/aromatic N) is 5. The molecule has 0 amide bonds. The SMILES string of the molecule is Cc1cn2c3c(=O)n(CC(=O)c4ccccc4)c(=O)n(C)c3nc2n1C[C@@H]1CCCO1. The van der Waals surface area contributed by atoms with Gasteiger partial charge in [-0.05, 0) is 19.8 Å². The van der Waals surface area contributed by atoms with Crippen molar-refractivity contribution >= 4 is 22.7 Å². The van der Waals surface area contributed by atoms with Crippen molar-refractivity contribution in [3.8, 4) is 0 Å². The van der Waals surface area contributed by atoms with Gasteiger partial charge in [0.1, 0.15) is 0 Å². The van der Waals surface area contributed by atoms with Crippen LogP contribution in [0.4, 0.5) is 0 Å². The second kappa shape index (κ2) is 7.35. The second-order valence-corrected chi connectivity index (χ2v) is 7.99. The van der Waals surface area contributed by atoms with Crippen molar-refractivity contribution in [3.63, 3.8) is 0 Å². The Morgan fingerprint density at radius 1 is 1.19 bits per heavy atom. The molecular weight excluding hydrogens is 398 g/mol. The zero-order chi connectivity index (χ0) is 21.7. The van der Waals surface area contributed by atoms with Crippen molar-refractivity contribution in [2.45, 2.75) is 39.0 Å². The minimum absolute atomic E-state index is 0.110. The molecule has 0 N–H and O–H groups in total. The lowest BCUT2D eigenvalue weighted by Crippen LogP contribution is -2.41. The van der Waals surface area contributed by atoms with Gasteiger partial charge in [0.2, 0.25) is 5.78 Å². The number of fused-ring (bicyclic) bond motifs is 3. The third-order valence-electron chi connectivity index (χ3n) is 5.95. The van der Waals surface area contributed by atoms with Gasteiger partial charge in [0.05, 0.1) is 19.2 Å². The lowest BCUT2D eigenvalue weighted by Gasteiger charge is -2.11. The van der Waals surface area contributed by atoms with Gasteiger partial charge in [-0.15, -0.1) is 0 Å². The minimum atomic E-state index is -0.565. The largest absolute Gasteiger partial charge is 0.376 e. The predicted molar refractivity (Wildman–Crippen MR) is 115 cm³/mol. The number of rotatable bonds is 5. The van der Waals surface area contributed by atoms with E-state index in [2.05, 4.69) is 4.98 Å². The van der Waals surface area contributed by atoms with Gasteiger partial charge in [-0.3, -0.25) is 23.1 Å². The molecule has 1 saturated heterocycles. The molecule has 0 unspecified atom stereocenters. The van der Waals surface area contributed by atoms with Crippen LogP contribution in [0.25, 0.3) is 16.9 Å². The molecule has 9 heteroatoms. The van der Waals surface area contributed by atoms with Gasteiger partial charge >= 0.3 is 5.69 Å². The highest BCUT2D eigenvalue weighted by Gasteiger charge is 2.23. The smallest absolute Gasteiger partial charge is 0.332 e. The number of benzene rings is 1. The molecule has 0 aliphatic carbocycles. The number of hydrogen-bond acceptors (Lipinski definition) is 5. The fraction of sp³-hybridized carbons (Fsp3) is 0.364. The standard InChI is InChI=1S/C22H23N5O4/c1-14-11-26-18-19(23-21(26)25(14)12-16-9-6-10-31-16)24(2)22(30)27(20(18)29)13-17(28)15-7-4-3-5-8-15/h3-5,7-8,11,16H,6,9-10,12-13H2,1-2H3/t16-/m0/s1. The maximum atomic E-state index is 13.3. The molecule has 1 atom stereocenters. The Labute approximate surface area is 177 Å². The summed E-state index contributed by atoms with van der Waals surface area (Å²) >= 11 is 0. The molecule has 160 valence electrons. The first kappa shape index (κ1) is 19.5. The highest BCUT2D eigenvalue weighted by molar-refractivity contribution is 5.95. The summed E-state index contributed by atoms with van der Waals surface area (Å²) in [5.41, 5.74) is 0.893. The highest BCUT2D eigenvalue weighted by atomic mass is 16.5. The number of ether oxygens (including phenoxy) is 1. The van der Waals surface area contributed by atoms with Crippen molar-refractivity contribution in [2.24, 2.45) is 7.05 Å². The molecule has 5 rings (SSSR count). The van der Waals surface area contributed by atoms with Crippen LogP contribution in [-0.4, -0.2) is 41.6 Å². The molecule has 0 spiro atoms. The Balaban J connectivity index is 1.65. The van der Waals surface area contributed by atoms with Crippen LogP contribution in [0.3, 0.4) is 0 Å². The van der Waals surface area contributed by atoms with Gasteiger partial charge in [0.25, 0.3) is 5.56 Å². The highest BCUT2D eigenvalue weighted by Crippen LogP contribution is 2.20. The third-order valence-corrected chi connectivity index (χ3v) is 5.95. The molecule has 1 fully saturated rings. The van der Waals surface area contributed by atoms with Crippen molar-refractivity contribution in [1.82, 2.24) is 23.1 Å². The fourth-order valence-corrected chi connectivity index (χ4v) is 4.27. The Bertz CT molecular complexity index is 1420. The average Bonchev–Trinajstić information content (AvgIpc) is 3.48. The summed E-state index contributed by atoms with van der Waals surface area (Å²) in [5.74, 6) is 0.286. The van der Waals surface area contributed by atoms with Crippen LogP contribution in [0.5, 0.6) is 0 Å². The quantitative estimate of drug-likeness (QED) is 0.456.